The van der Waals surface area contributed by atoms with Gasteiger partial charge in [0.1, 0.15) is 0 Å². The normalized spacial score (nSPS) is 11.2. The van der Waals surface area contributed by atoms with Gasteiger partial charge in [0, 0.05) is 6.54 Å². The fraction of sp³-hybridized carbons (Fsp3) is 0.810. The Morgan fingerprint density at radius 2 is 1.30 bits per heavy atom. The van der Waals surface area contributed by atoms with Gasteiger partial charge in [-0.15, -0.1) is 0 Å². The molecule has 135 valence electrons. The van der Waals surface area contributed by atoms with E-state index in [-0.39, 0.29) is 5.91 Å². The topological polar surface area (TPSA) is 29.1 Å². The van der Waals surface area contributed by atoms with E-state index in [0.717, 1.165) is 12.8 Å². The second-order valence-electron chi connectivity index (χ2n) is 6.58. The minimum atomic E-state index is 0.0170. The molecule has 0 saturated heterocycles. The molecular formula is C21H40NO. The van der Waals surface area contributed by atoms with E-state index >= 15 is 0 Å². The largest absolute Gasteiger partial charge is 0.353 e. The number of hydrogen-bond acceptors (Lipinski definition) is 1. The van der Waals surface area contributed by atoms with Crippen molar-refractivity contribution in [2.75, 3.05) is 6.54 Å². The number of carbonyl (C=O) groups excluding carboxylic acids is 1. The average molecular weight is 323 g/mol. The van der Waals surface area contributed by atoms with Gasteiger partial charge in [-0.2, -0.15) is 0 Å². The summed E-state index contributed by atoms with van der Waals surface area (Å²) in [6.45, 7) is 6.64. The predicted molar refractivity (Wildman–Crippen MR) is 102 cm³/mol. The SMILES string of the molecule is [CH2]CCNC(=O)C=CCCCCCCCCCCCCCCC. The number of allylic oxidation sites excluding steroid dienone is 1. The Labute approximate surface area is 145 Å². The van der Waals surface area contributed by atoms with Crippen LogP contribution < -0.4 is 5.32 Å². The van der Waals surface area contributed by atoms with Crippen molar-refractivity contribution in [1.29, 1.82) is 0 Å². The summed E-state index contributed by atoms with van der Waals surface area (Å²) < 4.78 is 0. The molecule has 2 nitrogen and oxygen atoms in total. The van der Waals surface area contributed by atoms with Gasteiger partial charge in [-0.1, -0.05) is 97.0 Å². The summed E-state index contributed by atoms with van der Waals surface area (Å²) in [4.78, 5) is 11.3. The summed E-state index contributed by atoms with van der Waals surface area (Å²) in [5.41, 5.74) is 0. The van der Waals surface area contributed by atoms with Crippen LogP contribution in [0.25, 0.3) is 0 Å². The van der Waals surface area contributed by atoms with Gasteiger partial charge in [0.05, 0.1) is 0 Å². The van der Waals surface area contributed by atoms with Crippen molar-refractivity contribution < 1.29 is 4.79 Å². The molecule has 0 aromatic carbocycles. The Kier molecular flexibility index (Phi) is 18.6. The van der Waals surface area contributed by atoms with Crippen LogP contribution in [0.15, 0.2) is 12.2 Å². The van der Waals surface area contributed by atoms with Crippen LogP contribution in [0.5, 0.6) is 0 Å². The third-order valence-electron chi connectivity index (χ3n) is 4.22. The Morgan fingerprint density at radius 1 is 0.826 bits per heavy atom. The highest BCUT2D eigenvalue weighted by atomic mass is 16.1. The van der Waals surface area contributed by atoms with Gasteiger partial charge in [-0.3, -0.25) is 4.79 Å². The van der Waals surface area contributed by atoms with E-state index in [0.29, 0.717) is 6.54 Å². The van der Waals surface area contributed by atoms with Crippen molar-refractivity contribution in [1.82, 2.24) is 5.32 Å². The lowest BCUT2D eigenvalue weighted by Crippen LogP contribution is -2.21. The van der Waals surface area contributed by atoms with Crippen molar-refractivity contribution in [2.45, 2.75) is 103 Å². The minimum absolute atomic E-state index is 0.0170. The van der Waals surface area contributed by atoms with Crippen LogP contribution in [0.3, 0.4) is 0 Å². The van der Waals surface area contributed by atoms with Crippen LogP contribution in [0.2, 0.25) is 0 Å². The van der Waals surface area contributed by atoms with Crippen LogP contribution in [0.4, 0.5) is 0 Å². The molecule has 0 aromatic rings. The standard InChI is InChI=1S/C21H40NO/c1-3-5-6-7-8-9-10-11-12-13-14-15-16-17-18-19-21(23)22-20-4-2/h18-19H,2-17,20H2,1H3,(H,22,23). The van der Waals surface area contributed by atoms with Gasteiger partial charge in [-0.25, -0.2) is 0 Å². The molecule has 23 heavy (non-hydrogen) atoms. The van der Waals surface area contributed by atoms with Crippen LogP contribution in [0, 0.1) is 6.92 Å². The average Bonchev–Trinajstić information content (AvgIpc) is 2.56. The third-order valence-corrected chi connectivity index (χ3v) is 4.22. The van der Waals surface area contributed by atoms with E-state index in [4.69, 9.17) is 0 Å². The second-order valence-corrected chi connectivity index (χ2v) is 6.58. The lowest BCUT2D eigenvalue weighted by molar-refractivity contribution is -0.116. The molecule has 0 aliphatic carbocycles. The van der Waals surface area contributed by atoms with Gasteiger partial charge in [0.25, 0.3) is 0 Å². The molecule has 0 heterocycles. The molecule has 0 fully saturated rings. The minimum Gasteiger partial charge on any atom is -0.353 e. The fourth-order valence-corrected chi connectivity index (χ4v) is 2.74. The summed E-state index contributed by atoms with van der Waals surface area (Å²) in [5, 5.41) is 2.79. The van der Waals surface area contributed by atoms with E-state index in [1.165, 1.54) is 83.5 Å². The Bertz CT molecular complexity index is 273. The smallest absolute Gasteiger partial charge is 0.243 e. The summed E-state index contributed by atoms with van der Waals surface area (Å²) in [6, 6.07) is 0. The second kappa shape index (κ2) is 19.3. The van der Waals surface area contributed by atoms with E-state index in [1.54, 1.807) is 6.08 Å². The van der Waals surface area contributed by atoms with E-state index in [1.807, 2.05) is 6.08 Å². The molecule has 0 bridgehead atoms. The Balaban J connectivity index is 3.13. The number of rotatable bonds is 17. The van der Waals surface area contributed by atoms with Crippen molar-refractivity contribution >= 4 is 5.91 Å². The highest BCUT2D eigenvalue weighted by molar-refractivity contribution is 5.87. The molecule has 1 radical (unpaired) electrons. The summed E-state index contributed by atoms with van der Waals surface area (Å²) in [6.07, 6.45) is 23.4. The third kappa shape index (κ3) is 19.2. The Hall–Kier alpha value is -0.790. The van der Waals surface area contributed by atoms with Crippen LogP contribution in [0.1, 0.15) is 103 Å². The zero-order valence-electron chi connectivity index (χ0n) is 15.6. The maximum Gasteiger partial charge on any atom is 0.243 e. The van der Waals surface area contributed by atoms with Crippen LogP contribution >= 0.6 is 0 Å². The molecule has 0 unspecified atom stereocenters. The van der Waals surface area contributed by atoms with Crippen molar-refractivity contribution in [3.8, 4) is 0 Å². The van der Waals surface area contributed by atoms with Gasteiger partial charge >= 0.3 is 0 Å². The number of unbranched alkanes of at least 4 members (excludes halogenated alkanes) is 13. The maximum atomic E-state index is 11.3. The van der Waals surface area contributed by atoms with Gasteiger partial charge in [0.15, 0.2) is 0 Å². The molecule has 0 aliphatic rings. The van der Waals surface area contributed by atoms with E-state index < -0.39 is 0 Å². The van der Waals surface area contributed by atoms with Crippen molar-refractivity contribution in [3.63, 3.8) is 0 Å². The first kappa shape index (κ1) is 22.2. The molecule has 0 saturated carbocycles. The molecular weight excluding hydrogens is 282 g/mol. The number of carbonyl (C=O) groups is 1. The van der Waals surface area contributed by atoms with Gasteiger partial charge in [0.2, 0.25) is 5.91 Å². The molecule has 0 aliphatic heterocycles. The first-order valence-electron chi connectivity index (χ1n) is 10.0. The van der Waals surface area contributed by atoms with Crippen molar-refractivity contribution in [3.05, 3.63) is 19.1 Å². The summed E-state index contributed by atoms with van der Waals surface area (Å²) in [7, 11) is 0. The predicted octanol–water partition coefficient (Wildman–Crippen LogP) is 6.36. The monoisotopic (exact) mass is 322 g/mol. The fourth-order valence-electron chi connectivity index (χ4n) is 2.74. The first-order chi connectivity index (χ1) is 11.3. The molecule has 0 spiro atoms. The number of hydrogen-bond donors (Lipinski definition) is 1. The van der Waals surface area contributed by atoms with Gasteiger partial charge in [-0.05, 0) is 25.3 Å². The molecule has 0 aromatic heterocycles. The quantitative estimate of drug-likeness (QED) is 0.245. The number of nitrogens with one attached hydrogen (secondary N) is 1. The van der Waals surface area contributed by atoms with Crippen molar-refractivity contribution in [2.24, 2.45) is 0 Å². The maximum absolute atomic E-state index is 11.3. The number of amides is 1. The lowest BCUT2D eigenvalue weighted by Gasteiger charge is -2.02. The molecule has 1 amide bonds. The zero-order valence-corrected chi connectivity index (χ0v) is 15.6. The van der Waals surface area contributed by atoms with Crippen LogP contribution in [-0.4, -0.2) is 12.5 Å². The highest BCUT2D eigenvalue weighted by Gasteiger charge is 1.94. The Morgan fingerprint density at radius 3 is 1.78 bits per heavy atom. The van der Waals surface area contributed by atoms with E-state index in [2.05, 4.69) is 19.2 Å². The van der Waals surface area contributed by atoms with Crippen LogP contribution in [-0.2, 0) is 4.79 Å². The molecule has 1 N–H and O–H groups in total. The first-order valence-corrected chi connectivity index (χ1v) is 10.0. The zero-order chi connectivity index (χ0) is 17.0. The molecule has 2 heteroatoms. The highest BCUT2D eigenvalue weighted by Crippen LogP contribution is 2.12. The molecule has 0 atom stereocenters. The lowest BCUT2D eigenvalue weighted by atomic mass is 10.0. The van der Waals surface area contributed by atoms with Gasteiger partial charge < -0.3 is 5.32 Å². The van der Waals surface area contributed by atoms with E-state index in [9.17, 15) is 4.79 Å². The summed E-state index contributed by atoms with van der Waals surface area (Å²) >= 11 is 0. The molecule has 0 rings (SSSR count). The summed E-state index contributed by atoms with van der Waals surface area (Å²) in [5.74, 6) is 0.0170.